The van der Waals surface area contributed by atoms with Gasteiger partial charge in [0.25, 0.3) is 0 Å². The number of likely N-dealkylation sites (N-methyl/N-ethyl adjacent to an activating group) is 1. The van der Waals surface area contributed by atoms with E-state index >= 15 is 0 Å². The van der Waals surface area contributed by atoms with E-state index in [1.54, 1.807) is 50.5 Å². The van der Waals surface area contributed by atoms with Crippen molar-refractivity contribution in [3.8, 4) is 0 Å². The van der Waals surface area contributed by atoms with Gasteiger partial charge in [0.15, 0.2) is 0 Å². The van der Waals surface area contributed by atoms with E-state index in [2.05, 4.69) is 10.6 Å². The van der Waals surface area contributed by atoms with Crippen molar-refractivity contribution in [2.75, 3.05) is 27.2 Å². The molecular weight excluding hydrogens is 642 g/mol. The average Bonchev–Trinajstić information content (AvgIpc) is 3.53. The number of benzene rings is 3. The first-order valence-corrected chi connectivity index (χ1v) is 16.3. The largest absolute Gasteiger partial charge is 0.456 e. The van der Waals surface area contributed by atoms with E-state index in [4.69, 9.17) is 19.3 Å². The Labute approximate surface area is 290 Å². The highest BCUT2D eigenvalue weighted by Gasteiger charge is 2.55. The molecule has 3 aromatic rings. The van der Waals surface area contributed by atoms with Gasteiger partial charge in [-0.15, -0.1) is 0 Å². The third kappa shape index (κ3) is 8.17. The van der Waals surface area contributed by atoms with Crippen LogP contribution in [0.25, 0.3) is 6.08 Å². The highest BCUT2D eigenvalue weighted by molar-refractivity contribution is 5.98. The van der Waals surface area contributed by atoms with Gasteiger partial charge in [-0.2, -0.15) is 0 Å². The molecule has 5 rings (SSSR count). The SMILES string of the molecule is CC(O)C(NC(=O)C1=CC2OC(c3ccccc3)(c3ccccc3)OC2C(OC(=O)c2cccc(C=CC(=O)N(C)C)c2)C1)C(=O)NCCO. The van der Waals surface area contributed by atoms with Gasteiger partial charge >= 0.3 is 5.97 Å². The van der Waals surface area contributed by atoms with Crippen LogP contribution in [-0.2, 0) is 34.4 Å². The lowest BCUT2D eigenvalue weighted by Crippen LogP contribution is -2.54. The van der Waals surface area contributed by atoms with E-state index in [1.807, 2.05) is 60.7 Å². The van der Waals surface area contributed by atoms with Gasteiger partial charge in [-0.25, -0.2) is 4.79 Å². The zero-order chi connectivity index (χ0) is 35.8. The lowest BCUT2D eigenvalue weighted by atomic mass is 9.91. The number of hydrogen-bond donors (Lipinski definition) is 4. The molecule has 1 fully saturated rings. The Hall–Kier alpha value is -5.14. The molecule has 3 aromatic carbocycles. The fraction of sp³-hybridized carbons (Fsp3) is 0.316. The molecule has 5 atom stereocenters. The lowest BCUT2D eigenvalue weighted by Gasteiger charge is -2.31. The second-order valence-electron chi connectivity index (χ2n) is 12.3. The van der Waals surface area contributed by atoms with Crippen LogP contribution >= 0.6 is 0 Å². The van der Waals surface area contributed by atoms with Crippen LogP contribution in [0.4, 0.5) is 0 Å². The maximum atomic E-state index is 13.7. The van der Waals surface area contributed by atoms with E-state index < -0.39 is 54.0 Å². The zero-order valence-electron chi connectivity index (χ0n) is 28.0. The summed E-state index contributed by atoms with van der Waals surface area (Å²) in [7, 11) is 3.27. The molecule has 5 unspecified atom stereocenters. The first-order valence-electron chi connectivity index (χ1n) is 16.3. The van der Waals surface area contributed by atoms with Gasteiger partial charge in [-0.3, -0.25) is 14.4 Å². The predicted molar refractivity (Wildman–Crippen MR) is 183 cm³/mol. The summed E-state index contributed by atoms with van der Waals surface area (Å²) in [5.41, 5.74) is 2.35. The molecule has 2 aliphatic rings. The molecule has 4 N–H and O–H groups in total. The fourth-order valence-electron chi connectivity index (χ4n) is 5.81. The topological polar surface area (TPSA) is 164 Å². The van der Waals surface area contributed by atoms with Crippen molar-refractivity contribution in [3.63, 3.8) is 0 Å². The minimum Gasteiger partial charge on any atom is -0.456 e. The molecule has 0 bridgehead atoms. The van der Waals surface area contributed by atoms with E-state index in [0.29, 0.717) is 16.7 Å². The van der Waals surface area contributed by atoms with Crippen molar-refractivity contribution in [3.05, 3.63) is 125 Å². The number of carbonyl (C=O) groups excluding carboxylic acids is 4. The van der Waals surface area contributed by atoms with Crippen molar-refractivity contribution in [2.24, 2.45) is 0 Å². The number of nitrogens with one attached hydrogen (secondary N) is 2. The second-order valence-corrected chi connectivity index (χ2v) is 12.3. The summed E-state index contributed by atoms with van der Waals surface area (Å²) in [6.07, 6.45) is 0.492. The number of carbonyl (C=O) groups is 4. The smallest absolute Gasteiger partial charge is 0.338 e. The van der Waals surface area contributed by atoms with Gasteiger partial charge in [0.2, 0.25) is 23.5 Å². The molecule has 1 aliphatic carbocycles. The number of ether oxygens (including phenoxy) is 3. The Balaban J connectivity index is 1.48. The van der Waals surface area contributed by atoms with Crippen LogP contribution in [-0.4, -0.2) is 96.5 Å². The molecule has 1 heterocycles. The molecule has 50 heavy (non-hydrogen) atoms. The van der Waals surface area contributed by atoms with Gasteiger partial charge in [0, 0.05) is 49.8 Å². The Morgan fingerprint density at radius 2 is 1.64 bits per heavy atom. The summed E-state index contributed by atoms with van der Waals surface area (Å²) in [5.74, 6) is -3.66. The summed E-state index contributed by atoms with van der Waals surface area (Å²) in [6.45, 7) is 0.988. The standard InChI is InChI=1S/C38H41N3O9/c1-24(43)33(36(46)39-19-20-42)40-35(45)27-22-30(48-37(47)26-12-10-11-25(21-26)17-18-32(44)41(2)3)34-31(23-27)49-38(50-34,28-13-6-4-7-14-28)29-15-8-5-9-16-29/h4-18,21,23-24,30-31,33-34,42-43H,19-20,22H2,1-3H3,(H,39,46)(H,40,45). The van der Waals surface area contributed by atoms with Crippen LogP contribution in [0.1, 0.15) is 40.4 Å². The summed E-state index contributed by atoms with van der Waals surface area (Å²) in [6, 6.07) is 23.9. The maximum absolute atomic E-state index is 13.7. The number of amides is 3. The number of aliphatic hydroxyl groups excluding tert-OH is 2. The van der Waals surface area contributed by atoms with Crippen molar-refractivity contribution < 1.29 is 43.6 Å². The number of nitrogens with zero attached hydrogens (tertiary/aromatic N) is 1. The number of fused-ring (bicyclic) bond motifs is 1. The Morgan fingerprint density at radius 1 is 0.980 bits per heavy atom. The molecule has 0 spiro atoms. The number of aliphatic hydroxyl groups is 2. The zero-order valence-corrected chi connectivity index (χ0v) is 28.0. The van der Waals surface area contributed by atoms with E-state index in [9.17, 15) is 24.3 Å². The number of hydrogen-bond acceptors (Lipinski definition) is 9. The van der Waals surface area contributed by atoms with E-state index in [-0.39, 0.29) is 36.6 Å². The van der Waals surface area contributed by atoms with Crippen LogP contribution in [0, 0.1) is 0 Å². The molecule has 1 aliphatic heterocycles. The average molecular weight is 684 g/mol. The number of rotatable bonds is 12. The van der Waals surface area contributed by atoms with Crippen LogP contribution < -0.4 is 10.6 Å². The van der Waals surface area contributed by atoms with Crippen LogP contribution in [0.5, 0.6) is 0 Å². The van der Waals surface area contributed by atoms with Crippen molar-refractivity contribution >= 4 is 29.8 Å². The third-order valence-corrected chi connectivity index (χ3v) is 8.38. The van der Waals surface area contributed by atoms with Gasteiger partial charge in [0.05, 0.1) is 18.3 Å². The highest BCUT2D eigenvalue weighted by atomic mass is 16.8. The minimum absolute atomic E-state index is 0.0580. The minimum atomic E-state index is -1.42. The summed E-state index contributed by atoms with van der Waals surface area (Å²) in [5, 5.41) is 24.5. The third-order valence-electron chi connectivity index (χ3n) is 8.38. The Kier molecular flexibility index (Phi) is 11.6. The normalized spacial score (nSPS) is 20.6. The summed E-state index contributed by atoms with van der Waals surface area (Å²) in [4.78, 5) is 53.6. The summed E-state index contributed by atoms with van der Waals surface area (Å²) >= 11 is 0. The first kappa shape index (κ1) is 36.1. The van der Waals surface area contributed by atoms with Gasteiger partial charge in [-0.05, 0) is 36.8 Å². The quantitative estimate of drug-likeness (QED) is 0.166. The molecule has 12 nitrogen and oxygen atoms in total. The van der Waals surface area contributed by atoms with E-state index in [1.165, 1.54) is 17.9 Å². The summed E-state index contributed by atoms with van der Waals surface area (Å²) < 4.78 is 19.5. The molecule has 0 aromatic heterocycles. The first-order chi connectivity index (χ1) is 24.0. The lowest BCUT2D eigenvalue weighted by molar-refractivity contribution is -0.157. The second kappa shape index (κ2) is 16.0. The van der Waals surface area contributed by atoms with Crippen LogP contribution in [0.15, 0.2) is 103 Å². The Morgan fingerprint density at radius 3 is 2.24 bits per heavy atom. The maximum Gasteiger partial charge on any atom is 0.338 e. The van der Waals surface area contributed by atoms with Crippen LogP contribution in [0.3, 0.4) is 0 Å². The van der Waals surface area contributed by atoms with Crippen molar-refractivity contribution in [1.82, 2.24) is 15.5 Å². The highest BCUT2D eigenvalue weighted by Crippen LogP contribution is 2.47. The molecule has 12 heteroatoms. The fourth-order valence-corrected chi connectivity index (χ4v) is 5.81. The van der Waals surface area contributed by atoms with Gasteiger partial charge in [0.1, 0.15) is 24.4 Å². The Bertz CT molecular complexity index is 1700. The molecule has 0 saturated carbocycles. The molecule has 262 valence electrons. The molecular formula is C38H41N3O9. The van der Waals surface area contributed by atoms with Crippen molar-refractivity contribution in [1.29, 1.82) is 0 Å². The van der Waals surface area contributed by atoms with E-state index in [0.717, 1.165) is 0 Å². The van der Waals surface area contributed by atoms with Gasteiger partial charge in [-0.1, -0.05) is 72.8 Å². The van der Waals surface area contributed by atoms with Gasteiger partial charge < -0.3 is 40.0 Å². The monoisotopic (exact) mass is 683 g/mol. The predicted octanol–water partition coefficient (Wildman–Crippen LogP) is 2.30. The van der Waals surface area contributed by atoms with Crippen LogP contribution in [0.2, 0.25) is 0 Å². The van der Waals surface area contributed by atoms with Crippen molar-refractivity contribution in [2.45, 2.75) is 49.6 Å². The molecule has 3 amide bonds. The molecule has 0 radical (unpaired) electrons. The number of esters is 1. The molecule has 1 saturated heterocycles.